The Morgan fingerprint density at radius 1 is 0.944 bits per heavy atom. The molecule has 2 heterocycles. The average Bonchev–Trinajstić information content (AvgIpc) is 2.67. The highest BCUT2D eigenvalue weighted by molar-refractivity contribution is 5.55. The molecule has 0 unspecified atom stereocenters. The van der Waals surface area contributed by atoms with Gasteiger partial charge in [-0.05, 0) is 23.5 Å². The second-order valence-electron chi connectivity index (χ2n) is 5.91. The lowest BCUT2D eigenvalue weighted by molar-refractivity contribution is 0.715. The minimum atomic E-state index is 0.391. The molecule has 2 rings (SSSR count). The van der Waals surface area contributed by atoms with Crippen molar-refractivity contribution in [2.75, 3.05) is 0 Å². The van der Waals surface area contributed by atoms with Gasteiger partial charge in [-0.1, -0.05) is 41.5 Å². The van der Waals surface area contributed by atoms with Crippen molar-refractivity contribution in [1.82, 2.24) is 14.6 Å². The highest BCUT2D eigenvalue weighted by Crippen LogP contribution is 2.26. The van der Waals surface area contributed by atoms with Gasteiger partial charge in [0.2, 0.25) is 0 Å². The maximum Gasteiger partial charge on any atom is 0.133 e. The molecule has 0 fully saturated rings. The minimum absolute atomic E-state index is 0.391. The molecule has 0 bridgehead atoms. The zero-order valence-electron chi connectivity index (χ0n) is 12.2. The Morgan fingerprint density at radius 3 is 2.11 bits per heavy atom. The first-order valence-corrected chi connectivity index (χ1v) is 6.80. The van der Waals surface area contributed by atoms with E-state index < -0.39 is 0 Å². The molecule has 0 atom stereocenters. The number of fused-ring (bicyclic) bond motifs is 1. The van der Waals surface area contributed by atoms with Crippen LogP contribution in [0.3, 0.4) is 0 Å². The molecule has 98 valence electrons. The lowest BCUT2D eigenvalue weighted by Crippen LogP contribution is -2.01. The van der Waals surface area contributed by atoms with E-state index in [2.05, 4.69) is 52.7 Å². The predicted molar refractivity (Wildman–Crippen MR) is 75.3 cm³/mol. The van der Waals surface area contributed by atoms with Gasteiger partial charge in [0, 0.05) is 5.92 Å². The van der Waals surface area contributed by atoms with Crippen LogP contribution in [0.5, 0.6) is 0 Å². The maximum atomic E-state index is 4.79. The molecule has 3 heteroatoms. The van der Waals surface area contributed by atoms with Gasteiger partial charge in [-0.15, -0.1) is 0 Å². The van der Waals surface area contributed by atoms with Crippen molar-refractivity contribution in [3.05, 3.63) is 29.3 Å². The number of nitrogens with zero attached hydrogens (tertiary/aromatic N) is 3. The zero-order chi connectivity index (χ0) is 13.4. The third-order valence-electron chi connectivity index (χ3n) is 3.30. The van der Waals surface area contributed by atoms with E-state index in [0.29, 0.717) is 17.8 Å². The molecule has 0 radical (unpaired) electrons. The van der Waals surface area contributed by atoms with Crippen molar-refractivity contribution in [2.45, 2.75) is 59.3 Å². The van der Waals surface area contributed by atoms with Gasteiger partial charge in [-0.2, -0.15) is 5.10 Å². The van der Waals surface area contributed by atoms with Crippen LogP contribution in [0.25, 0.3) is 5.52 Å². The molecular formula is C15H23N3. The van der Waals surface area contributed by atoms with Crippen molar-refractivity contribution < 1.29 is 0 Å². The highest BCUT2D eigenvalue weighted by atomic mass is 15.3. The predicted octanol–water partition coefficient (Wildman–Crippen LogP) is 4.10. The molecule has 2 aromatic heterocycles. The Hall–Kier alpha value is -1.38. The van der Waals surface area contributed by atoms with Crippen LogP contribution in [0.15, 0.2) is 12.3 Å². The lowest BCUT2D eigenvalue weighted by atomic mass is 10.0. The monoisotopic (exact) mass is 245 g/mol. The molecule has 3 nitrogen and oxygen atoms in total. The Bertz CT molecular complexity index is 550. The van der Waals surface area contributed by atoms with E-state index >= 15 is 0 Å². The van der Waals surface area contributed by atoms with E-state index in [1.54, 1.807) is 0 Å². The Balaban J connectivity index is 2.71. The van der Waals surface area contributed by atoms with Crippen LogP contribution < -0.4 is 0 Å². The van der Waals surface area contributed by atoms with Crippen molar-refractivity contribution in [3.8, 4) is 0 Å². The number of hydrogen-bond acceptors (Lipinski definition) is 2. The molecule has 0 aromatic carbocycles. The Morgan fingerprint density at radius 2 is 1.61 bits per heavy atom. The second-order valence-corrected chi connectivity index (χ2v) is 5.91. The molecule has 0 aliphatic heterocycles. The molecule has 0 aliphatic carbocycles. The summed E-state index contributed by atoms with van der Waals surface area (Å²) < 4.78 is 2.01. The van der Waals surface area contributed by atoms with Crippen LogP contribution in [0.4, 0.5) is 0 Å². The lowest BCUT2D eigenvalue weighted by Gasteiger charge is -2.07. The molecule has 0 saturated heterocycles. The zero-order valence-corrected chi connectivity index (χ0v) is 12.2. The van der Waals surface area contributed by atoms with Crippen molar-refractivity contribution in [2.24, 2.45) is 0 Å². The summed E-state index contributed by atoms with van der Waals surface area (Å²) in [6.07, 6.45) is 1.97. The Kier molecular flexibility index (Phi) is 3.42. The van der Waals surface area contributed by atoms with Gasteiger partial charge in [0.1, 0.15) is 5.82 Å². The van der Waals surface area contributed by atoms with E-state index in [4.69, 9.17) is 4.98 Å². The number of rotatable bonds is 3. The third-order valence-corrected chi connectivity index (χ3v) is 3.30. The highest BCUT2D eigenvalue weighted by Gasteiger charge is 2.17. The van der Waals surface area contributed by atoms with Gasteiger partial charge < -0.3 is 0 Å². The topological polar surface area (TPSA) is 30.2 Å². The van der Waals surface area contributed by atoms with Crippen LogP contribution in [0, 0.1) is 0 Å². The van der Waals surface area contributed by atoms with E-state index in [-0.39, 0.29) is 0 Å². The SMILES string of the molecule is CC(C)c1cnn2c(C(C)C)nc(C(C)C)c2c1. The molecule has 0 amide bonds. The normalized spacial score (nSPS) is 12.3. The molecule has 2 aromatic rings. The summed E-state index contributed by atoms with van der Waals surface area (Å²) in [4.78, 5) is 4.79. The first-order chi connectivity index (χ1) is 8.41. The number of imidazole rings is 1. The van der Waals surface area contributed by atoms with Crippen molar-refractivity contribution in [3.63, 3.8) is 0 Å². The first kappa shape index (κ1) is 13.1. The summed E-state index contributed by atoms with van der Waals surface area (Å²) in [6.45, 7) is 13.1. The maximum absolute atomic E-state index is 4.79. The average molecular weight is 245 g/mol. The summed E-state index contributed by atoms with van der Waals surface area (Å²) in [5.41, 5.74) is 3.60. The van der Waals surface area contributed by atoms with Crippen molar-refractivity contribution in [1.29, 1.82) is 0 Å². The second kappa shape index (κ2) is 4.71. The van der Waals surface area contributed by atoms with E-state index in [1.807, 2.05) is 10.7 Å². The van der Waals surface area contributed by atoms with E-state index in [1.165, 1.54) is 11.1 Å². The fraction of sp³-hybridized carbons (Fsp3) is 0.600. The van der Waals surface area contributed by atoms with E-state index in [9.17, 15) is 0 Å². The molecule has 0 N–H and O–H groups in total. The summed E-state index contributed by atoms with van der Waals surface area (Å²) in [6, 6.07) is 2.24. The molecule has 18 heavy (non-hydrogen) atoms. The molecule has 0 aliphatic rings. The summed E-state index contributed by atoms with van der Waals surface area (Å²) >= 11 is 0. The summed E-state index contributed by atoms with van der Waals surface area (Å²) in [5.74, 6) is 2.38. The van der Waals surface area contributed by atoms with Gasteiger partial charge >= 0.3 is 0 Å². The quantitative estimate of drug-likeness (QED) is 0.815. The minimum Gasteiger partial charge on any atom is -0.235 e. The number of hydrogen-bond donors (Lipinski definition) is 0. The molecule has 0 spiro atoms. The smallest absolute Gasteiger partial charge is 0.133 e. The van der Waals surface area contributed by atoms with Crippen LogP contribution in [-0.2, 0) is 0 Å². The summed E-state index contributed by atoms with van der Waals surface area (Å²) in [5, 5.41) is 4.58. The fourth-order valence-electron chi connectivity index (χ4n) is 2.15. The Labute approximate surface area is 109 Å². The first-order valence-electron chi connectivity index (χ1n) is 6.80. The largest absolute Gasteiger partial charge is 0.235 e. The van der Waals surface area contributed by atoms with E-state index in [0.717, 1.165) is 11.5 Å². The van der Waals surface area contributed by atoms with Crippen LogP contribution >= 0.6 is 0 Å². The standard InChI is InChI=1S/C15H23N3/c1-9(2)12-7-13-14(10(3)4)17-15(11(5)6)18(13)16-8-12/h7-11H,1-6H3. The molecular weight excluding hydrogens is 222 g/mol. The van der Waals surface area contributed by atoms with Crippen LogP contribution in [0.1, 0.15) is 76.4 Å². The van der Waals surface area contributed by atoms with Crippen LogP contribution in [-0.4, -0.2) is 14.6 Å². The molecule has 0 saturated carbocycles. The number of aromatic nitrogens is 3. The van der Waals surface area contributed by atoms with Crippen molar-refractivity contribution >= 4 is 5.52 Å². The fourth-order valence-corrected chi connectivity index (χ4v) is 2.15. The third kappa shape index (κ3) is 2.14. The van der Waals surface area contributed by atoms with Gasteiger partial charge in [-0.25, -0.2) is 9.50 Å². The van der Waals surface area contributed by atoms with Gasteiger partial charge in [0.25, 0.3) is 0 Å². The van der Waals surface area contributed by atoms with Gasteiger partial charge in [-0.3, -0.25) is 0 Å². The van der Waals surface area contributed by atoms with Crippen LogP contribution in [0.2, 0.25) is 0 Å². The van der Waals surface area contributed by atoms with Gasteiger partial charge in [0.15, 0.2) is 0 Å². The summed E-state index contributed by atoms with van der Waals surface area (Å²) in [7, 11) is 0. The van der Waals surface area contributed by atoms with Gasteiger partial charge in [0.05, 0.1) is 17.4 Å².